The van der Waals surface area contributed by atoms with Gasteiger partial charge in [-0.15, -0.1) is 0 Å². The maximum absolute atomic E-state index is 12.1. The molecule has 1 amide bonds. The zero-order chi connectivity index (χ0) is 18.4. The van der Waals surface area contributed by atoms with Crippen LogP contribution in [0.1, 0.15) is 25.8 Å². The van der Waals surface area contributed by atoms with Crippen molar-refractivity contribution in [1.29, 1.82) is 0 Å². The van der Waals surface area contributed by atoms with E-state index in [0.29, 0.717) is 30.5 Å². The van der Waals surface area contributed by atoms with Crippen molar-refractivity contribution in [1.82, 2.24) is 4.90 Å². The third-order valence-electron chi connectivity index (χ3n) is 4.08. The second-order valence-corrected chi connectivity index (χ2v) is 6.53. The van der Waals surface area contributed by atoms with Crippen LogP contribution in [0.25, 0.3) is 6.08 Å². The predicted octanol–water partition coefficient (Wildman–Crippen LogP) is 2.66. The van der Waals surface area contributed by atoms with Gasteiger partial charge in [0.1, 0.15) is 0 Å². The van der Waals surface area contributed by atoms with Gasteiger partial charge >= 0.3 is 5.97 Å². The molecule has 25 heavy (non-hydrogen) atoms. The molecule has 1 heterocycles. The summed E-state index contributed by atoms with van der Waals surface area (Å²) in [6, 6.07) is 5.77. The molecule has 134 valence electrons. The van der Waals surface area contributed by atoms with Gasteiger partial charge in [-0.25, -0.2) is 4.79 Å². The van der Waals surface area contributed by atoms with Crippen molar-refractivity contribution in [3.8, 4) is 0 Å². The lowest BCUT2D eigenvalue weighted by atomic mass is 9.92. The summed E-state index contributed by atoms with van der Waals surface area (Å²) in [5.74, 6) is 0.0937. The Balaban J connectivity index is 1.81. The summed E-state index contributed by atoms with van der Waals surface area (Å²) in [6.45, 7) is 5.32. The van der Waals surface area contributed by atoms with Crippen LogP contribution in [0.15, 0.2) is 30.3 Å². The van der Waals surface area contributed by atoms with Gasteiger partial charge in [-0.05, 0) is 42.0 Å². The fraction of sp³-hybridized carbons (Fsp3) is 0.444. The third kappa shape index (κ3) is 5.70. The molecule has 0 aromatic heterocycles. The lowest BCUT2D eigenvalue weighted by Gasteiger charge is -2.34. The molecule has 0 unspecified atom stereocenters. The Morgan fingerprint density at radius 3 is 2.40 bits per heavy atom. The van der Waals surface area contributed by atoms with Crippen molar-refractivity contribution < 1.29 is 19.2 Å². The molecule has 2 atom stereocenters. The van der Waals surface area contributed by atoms with E-state index >= 15 is 0 Å². The third-order valence-corrected chi connectivity index (χ3v) is 4.08. The van der Waals surface area contributed by atoms with Crippen molar-refractivity contribution >= 4 is 23.6 Å². The van der Waals surface area contributed by atoms with Crippen LogP contribution in [0.5, 0.6) is 0 Å². The number of ether oxygens (including phenoxy) is 1. The second-order valence-electron chi connectivity index (χ2n) is 6.53. The van der Waals surface area contributed by atoms with Crippen LogP contribution in [-0.4, -0.2) is 41.4 Å². The molecule has 0 N–H and O–H groups in total. The molecule has 0 aliphatic carbocycles. The van der Waals surface area contributed by atoms with Crippen LogP contribution in [0, 0.1) is 22.0 Å². The summed E-state index contributed by atoms with van der Waals surface area (Å²) in [5, 5.41) is 10.6. The molecule has 1 fully saturated rings. The highest BCUT2D eigenvalue weighted by molar-refractivity contribution is 5.89. The van der Waals surface area contributed by atoms with E-state index < -0.39 is 10.9 Å². The molecular weight excluding hydrogens is 324 g/mol. The van der Waals surface area contributed by atoms with Gasteiger partial charge in [0.25, 0.3) is 11.6 Å². The topological polar surface area (TPSA) is 89.8 Å². The summed E-state index contributed by atoms with van der Waals surface area (Å²) in [5.41, 5.74) is 0.614. The molecule has 0 saturated carbocycles. The Morgan fingerprint density at radius 1 is 1.24 bits per heavy atom. The maximum atomic E-state index is 12.1. The number of non-ortho nitro benzene ring substituents is 1. The Kier molecular flexibility index (Phi) is 6.27. The van der Waals surface area contributed by atoms with Crippen LogP contribution in [-0.2, 0) is 14.3 Å². The van der Waals surface area contributed by atoms with Gasteiger partial charge in [-0.3, -0.25) is 14.9 Å². The van der Waals surface area contributed by atoms with Crippen molar-refractivity contribution in [2.45, 2.75) is 20.3 Å². The average molecular weight is 346 g/mol. The number of amides is 1. The highest BCUT2D eigenvalue weighted by Crippen LogP contribution is 2.20. The Bertz CT molecular complexity index is 659. The van der Waals surface area contributed by atoms with Gasteiger partial charge in [0, 0.05) is 31.3 Å². The fourth-order valence-electron chi connectivity index (χ4n) is 3.01. The van der Waals surface area contributed by atoms with Crippen LogP contribution in [0.3, 0.4) is 0 Å². The first kappa shape index (κ1) is 18.6. The standard InChI is InChI=1S/C18H22N2O5/c1-13-9-14(2)11-19(10-13)17(21)12-25-18(22)8-5-15-3-6-16(7-4-15)20(23)24/h3-8,13-14H,9-12H2,1-2H3/b8-5+/t13-,14+. The minimum absolute atomic E-state index is 0.0182. The fourth-order valence-corrected chi connectivity index (χ4v) is 3.01. The lowest BCUT2D eigenvalue weighted by Crippen LogP contribution is -2.44. The highest BCUT2D eigenvalue weighted by Gasteiger charge is 2.25. The Labute approximate surface area is 146 Å². The molecule has 7 nitrogen and oxygen atoms in total. The van der Waals surface area contributed by atoms with Gasteiger partial charge in [0.2, 0.25) is 0 Å². The van der Waals surface area contributed by atoms with Gasteiger partial charge in [-0.1, -0.05) is 13.8 Å². The normalized spacial score (nSPS) is 20.5. The molecule has 0 spiro atoms. The van der Waals surface area contributed by atoms with Gasteiger partial charge in [0.15, 0.2) is 6.61 Å². The maximum Gasteiger partial charge on any atom is 0.331 e. The predicted molar refractivity (Wildman–Crippen MR) is 92.6 cm³/mol. The second kappa shape index (κ2) is 8.41. The number of hydrogen-bond acceptors (Lipinski definition) is 5. The number of piperidine rings is 1. The van der Waals surface area contributed by atoms with Crippen LogP contribution < -0.4 is 0 Å². The van der Waals surface area contributed by atoms with E-state index in [2.05, 4.69) is 13.8 Å². The number of nitrogens with zero attached hydrogens (tertiary/aromatic N) is 2. The molecule has 0 radical (unpaired) electrons. The molecule has 0 bridgehead atoms. The number of likely N-dealkylation sites (tertiary alicyclic amines) is 1. The number of benzene rings is 1. The Hall–Kier alpha value is -2.70. The van der Waals surface area contributed by atoms with E-state index in [-0.39, 0.29) is 18.2 Å². The van der Waals surface area contributed by atoms with Gasteiger partial charge in [0.05, 0.1) is 4.92 Å². The van der Waals surface area contributed by atoms with Crippen molar-refractivity contribution in [3.05, 3.63) is 46.0 Å². The van der Waals surface area contributed by atoms with Crippen molar-refractivity contribution in [2.24, 2.45) is 11.8 Å². The largest absolute Gasteiger partial charge is 0.452 e. The van der Waals surface area contributed by atoms with E-state index in [0.717, 1.165) is 6.42 Å². The van der Waals surface area contributed by atoms with E-state index in [1.54, 1.807) is 4.90 Å². The number of nitro benzene ring substituents is 1. The number of esters is 1. The monoisotopic (exact) mass is 346 g/mol. The summed E-state index contributed by atoms with van der Waals surface area (Å²) in [4.78, 5) is 35.7. The molecule has 1 saturated heterocycles. The van der Waals surface area contributed by atoms with Crippen molar-refractivity contribution in [2.75, 3.05) is 19.7 Å². The lowest BCUT2D eigenvalue weighted by molar-refractivity contribution is -0.384. The first-order valence-corrected chi connectivity index (χ1v) is 8.22. The summed E-state index contributed by atoms with van der Waals surface area (Å²) < 4.78 is 4.99. The molecule has 1 aromatic rings. The number of carbonyl (C=O) groups is 2. The minimum atomic E-state index is -0.621. The quantitative estimate of drug-likeness (QED) is 0.354. The molecule has 1 aliphatic rings. The zero-order valence-corrected chi connectivity index (χ0v) is 14.4. The SMILES string of the molecule is C[C@@H]1C[C@H](C)CN(C(=O)COC(=O)/C=C/c2ccc([N+](=O)[O-])cc2)C1. The van der Waals surface area contributed by atoms with Gasteiger partial charge in [-0.2, -0.15) is 0 Å². The molecular formula is C18H22N2O5. The van der Waals surface area contributed by atoms with Crippen LogP contribution in [0.4, 0.5) is 5.69 Å². The summed E-state index contributed by atoms with van der Waals surface area (Å²) in [7, 11) is 0. The first-order chi connectivity index (χ1) is 11.8. The van der Waals surface area contributed by atoms with Crippen LogP contribution in [0.2, 0.25) is 0 Å². The average Bonchev–Trinajstić information content (AvgIpc) is 2.57. The first-order valence-electron chi connectivity index (χ1n) is 8.22. The number of hydrogen-bond donors (Lipinski definition) is 0. The van der Waals surface area contributed by atoms with Crippen molar-refractivity contribution in [3.63, 3.8) is 0 Å². The van der Waals surface area contributed by atoms with E-state index in [9.17, 15) is 19.7 Å². The van der Waals surface area contributed by atoms with Crippen LogP contribution >= 0.6 is 0 Å². The molecule has 7 heteroatoms. The number of rotatable bonds is 5. The number of nitro groups is 1. The highest BCUT2D eigenvalue weighted by atomic mass is 16.6. The van der Waals surface area contributed by atoms with E-state index in [1.165, 1.54) is 36.4 Å². The number of carbonyl (C=O) groups excluding carboxylic acids is 2. The van der Waals surface area contributed by atoms with E-state index in [1.807, 2.05) is 0 Å². The zero-order valence-electron chi connectivity index (χ0n) is 14.4. The smallest absolute Gasteiger partial charge is 0.331 e. The molecule has 1 aromatic carbocycles. The summed E-state index contributed by atoms with van der Waals surface area (Å²) in [6.07, 6.45) is 3.79. The molecule has 1 aliphatic heterocycles. The van der Waals surface area contributed by atoms with Gasteiger partial charge < -0.3 is 9.64 Å². The Morgan fingerprint density at radius 2 is 1.84 bits per heavy atom. The summed E-state index contributed by atoms with van der Waals surface area (Å²) >= 11 is 0. The molecule has 2 rings (SSSR count). The minimum Gasteiger partial charge on any atom is -0.452 e. The van der Waals surface area contributed by atoms with E-state index in [4.69, 9.17) is 4.74 Å².